The molecule has 1 amide bonds. The molecule has 0 fully saturated rings. The topological polar surface area (TPSA) is 84.9 Å². The molecule has 2 N–H and O–H groups in total. The summed E-state index contributed by atoms with van der Waals surface area (Å²) in [4.78, 5) is 23.1. The summed E-state index contributed by atoms with van der Waals surface area (Å²) >= 11 is 0. The van der Waals surface area contributed by atoms with Gasteiger partial charge in [-0.1, -0.05) is 0 Å². The van der Waals surface area contributed by atoms with E-state index in [2.05, 4.69) is 5.32 Å². The lowest BCUT2D eigenvalue weighted by molar-refractivity contribution is -0.141. The average Bonchev–Trinajstić information content (AvgIpc) is 2.45. The zero-order chi connectivity index (χ0) is 16.9. The number of rotatable bonds is 7. The van der Waals surface area contributed by atoms with Gasteiger partial charge >= 0.3 is 5.97 Å². The minimum atomic E-state index is -0.953. The molecule has 22 heavy (non-hydrogen) atoms. The molecular formula is C16H23NO5. The molecule has 1 rings (SSSR count). The predicted molar refractivity (Wildman–Crippen MR) is 82.5 cm³/mol. The molecule has 122 valence electrons. The molecule has 6 nitrogen and oxygen atoms in total. The maximum absolute atomic E-state index is 12.2. The minimum absolute atomic E-state index is 0.00925. The van der Waals surface area contributed by atoms with Crippen molar-refractivity contribution in [2.24, 2.45) is 5.92 Å². The van der Waals surface area contributed by atoms with E-state index in [-0.39, 0.29) is 12.0 Å². The fourth-order valence-corrected chi connectivity index (χ4v) is 1.79. The van der Waals surface area contributed by atoms with Crippen LogP contribution in [0.3, 0.4) is 0 Å². The van der Waals surface area contributed by atoms with Crippen LogP contribution in [0.15, 0.2) is 18.2 Å². The third-order valence-corrected chi connectivity index (χ3v) is 3.29. The first-order chi connectivity index (χ1) is 10.3. The number of hydrogen-bond acceptors (Lipinski definition) is 4. The van der Waals surface area contributed by atoms with Crippen molar-refractivity contribution in [2.75, 3.05) is 7.11 Å². The van der Waals surface area contributed by atoms with Crippen molar-refractivity contribution in [3.63, 3.8) is 0 Å². The standard InChI is InChI=1S/C16H23NO5/c1-9(2)22-13-7-6-12(8-14(13)21-5)15(18)17-11(4)10(3)16(19)20/h6-11H,1-5H3,(H,17,18)(H,19,20). The fraction of sp³-hybridized carbons (Fsp3) is 0.500. The van der Waals surface area contributed by atoms with Crippen molar-refractivity contribution in [3.05, 3.63) is 23.8 Å². The Bertz CT molecular complexity index is 541. The first-order valence-electron chi connectivity index (χ1n) is 7.14. The van der Waals surface area contributed by atoms with Gasteiger partial charge in [-0.25, -0.2) is 0 Å². The van der Waals surface area contributed by atoms with Gasteiger partial charge in [0.15, 0.2) is 11.5 Å². The Morgan fingerprint density at radius 1 is 1.14 bits per heavy atom. The molecule has 0 aliphatic carbocycles. The van der Waals surface area contributed by atoms with E-state index in [1.807, 2.05) is 13.8 Å². The molecule has 2 atom stereocenters. The van der Waals surface area contributed by atoms with Gasteiger partial charge in [-0.3, -0.25) is 9.59 Å². The van der Waals surface area contributed by atoms with Gasteiger partial charge in [-0.2, -0.15) is 0 Å². The summed E-state index contributed by atoms with van der Waals surface area (Å²) in [6.45, 7) is 7.00. The third-order valence-electron chi connectivity index (χ3n) is 3.29. The maximum atomic E-state index is 12.2. The van der Waals surface area contributed by atoms with Crippen molar-refractivity contribution in [1.82, 2.24) is 5.32 Å². The summed E-state index contributed by atoms with van der Waals surface area (Å²) in [5.41, 5.74) is 0.386. The highest BCUT2D eigenvalue weighted by Gasteiger charge is 2.22. The molecular weight excluding hydrogens is 286 g/mol. The summed E-state index contributed by atoms with van der Waals surface area (Å²) in [6, 6.07) is 4.38. The van der Waals surface area contributed by atoms with Crippen molar-refractivity contribution in [3.8, 4) is 11.5 Å². The second kappa shape index (κ2) is 7.68. The van der Waals surface area contributed by atoms with Gasteiger partial charge in [-0.15, -0.1) is 0 Å². The zero-order valence-corrected chi connectivity index (χ0v) is 13.5. The molecule has 0 aliphatic rings. The van der Waals surface area contributed by atoms with Crippen LogP contribution in [0.2, 0.25) is 0 Å². The first kappa shape index (κ1) is 17.8. The molecule has 6 heteroatoms. The molecule has 0 bridgehead atoms. The number of ether oxygens (including phenoxy) is 2. The first-order valence-corrected chi connectivity index (χ1v) is 7.14. The second-order valence-electron chi connectivity index (χ2n) is 5.42. The van der Waals surface area contributed by atoms with E-state index in [1.54, 1.807) is 32.0 Å². The van der Waals surface area contributed by atoms with Crippen LogP contribution in [0.5, 0.6) is 11.5 Å². The molecule has 1 aromatic carbocycles. The summed E-state index contributed by atoms with van der Waals surface area (Å²) in [6.07, 6.45) is -0.00925. The number of benzene rings is 1. The van der Waals surface area contributed by atoms with Crippen LogP contribution in [-0.2, 0) is 4.79 Å². The van der Waals surface area contributed by atoms with E-state index in [4.69, 9.17) is 14.6 Å². The Morgan fingerprint density at radius 3 is 2.27 bits per heavy atom. The summed E-state index contributed by atoms with van der Waals surface area (Å²) < 4.78 is 10.8. The van der Waals surface area contributed by atoms with Gasteiger partial charge in [0, 0.05) is 11.6 Å². The minimum Gasteiger partial charge on any atom is -0.493 e. The Hall–Kier alpha value is -2.24. The third kappa shape index (κ3) is 4.65. The summed E-state index contributed by atoms with van der Waals surface area (Å²) in [5, 5.41) is 11.6. The van der Waals surface area contributed by atoms with E-state index in [9.17, 15) is 9.59 Å². The number of carboxylic acids is 1. The maximum Gasteiger partial charge on any atom is 0.308 e. The molecule has 0 spiro atoms. The number of nitrogens with one attached hydrogen (secondary N) is 1. The normalized spacial score (nSPS) is 13.4. The van der Waals surface area contributed by atoms with E-state index >= 15 is 0 Å². The van der Waals surface area contributed by atoms with Gasteiger partial charge in [0.25, 0.3) is 5.91 Å². The number of amides is 1. The largest absolute Gasteiger partial charge is 0.493 e. The van der Waals surface area contributed by atoms with Crippen LogP contribution in [-0.4, -0.2) is 36.2 Å². The quantitative estimate of drug-likeness (QED) is 0.807. The molecule has 0 saturated heterocycles. The van der Waals surface area contributed by atoms with Crippen LogP contribution >= 0.6 is 0 Å². The highest BCUT2D eigenvalue weighted by Crippen LogP contribution is 2.29. The van der Waals surface area contributed by atoms with E-state index in [0.717, 1.165) is 0 Å². The summed E-state index contributed by atoms with van der Waals surface area (Å²) in [5.74, 6) is -0.961. The van der Waals surface area contributed by atoms with Crippen molar-refractivity contribution in [1.29, 1.82) is 0 Å². The highest BCUT2D eigenvalue weighted by molar-refractivity contribution is 5.95. The molecule has 1 aromatic rings. The van der Waals surface area contributed by atoms with E-state index in [0.29, 0.717) is 17.1 Å². The van der Waals surface area contributed by atoms with Crippen molar-refractivity contribution in [2.45, 2.75) is 39.8 Å². The Kier molecular flexibility index (Phi) is 6.22. The van der Waals surface area contributed by atoms with Gasteiger partial charge in [0.05, 0.1) is 19.1 Å². The average molecular weight is 309 g/mol. The second-order valence-corrected chi connectivity index (χ2v) is 5.42. The predicted octanol–water partition coefficient (Wildman–Crippen LogP) is 2.32. The van der Waals surface area contributed by atoms with Crippen molar-refractivity contribution >= 4 is 11.9 Å². The van der Waals surface area contributed by atoms with E-state index in [1.165, 1.54) is 7.11 Å². The molecule has 0 aliphatic heterocycles. The monoisotopic (exact) mass is 309 g/mol. The van der Waals surface area contributed by atoms with Crippen molar-refractivity contribution < 1.29 is 24.2 Å². The number of carbonyl (C=O) groups excluding carboxylic acids is 1. The Labute approximate surface area is 130 Å². The SMILES string of the molecule is COc1cc(C(=O)NC(C)C(C)C(=O)O)ccc1OC(C)C. The van der Waals surface area contributed by atoms with Crippen LogP contribution < -0.4 is 14.8 Å². The van der Waals surface area contributed by atoms with Gasteiger partial charge in [0.1, 0.15) is 0 Å². The number of carboxylic acid groups (broad SMARTS) is 1. The lowest BCUT2D eigenvalue weighted by Crippen LogP contribution is -2.40. The van der Waals surface area contributed by atoms with Crippen LogP contribution in [0.1, 0.15) is 38.1 Å². The Balaban J connectivity index is 2.88. The van der Waals surface area contributed by atoms with Gasteiger partial charge < -0.3 is 19.9 Å². The lowest BCUT2D eigenvalue weighted by Gasteiger charge is -2.18. The van der Waals surface area contributed by atoms with Crippen LogP contribution in [0, 0.1) is 5.92 Å². The number of aliphatic carboxylic acids is 1. The van der Waals surface area contributed by atoms with Gasteiger partial charge in [0.2, 0.25) is 0 Å². The molecule has 0 saturated carbocycles. The zero-order valence-electron chi connectivity index (χ0n) is 13.5. The molecule has 0 radical (unpaired) electrons. The van der Waals surface area contributed by atoms with Crippen LogP contribution in [0.25, 0.3) is 0 Å². The van der Waals surface area contributed by atoms with Crippen LogP contribution in [0.4, 0.5) is 0 Å². The van der Waals surface area contributed by atoms with Gasteiger partial charge in [-0.05, 0) is 45.9 Å². The summed E-state index contributed by atoms with van der Waals surface area (Å²) in [7, 11) is 1.50. The van der Waals surface area contributed by atoms with E-state index < -0.39 is 17.9 Å². The Morgan fingerprint density at radius 2 is 1.77 bits per heavy atom. The number of carbonyl (C=O) groups is 2. The smallest absolute Gasteiger partial charge is 0.308 e. The lowest BCUT2D eigenvalue weighted by atomic mass is 10.0. The number of methoxy groups -OCH3 is 1. The molecule has 2 unspecified atom stereocenters. The molecule has 0 aromatic heterocycles. The molecule has 0 heterocycles. The number of hydrogen-bond donors (Lipinski definition) is 2. The highest BCUT2D eigenvalue weighted by atomic mass is 16.5. The fourth-order valence-electron chi connectivity index (χ4n) is 1.79.